The van der Waals surface area contributed by atoms with Gasteiger partial charge in [0.25, 0.3) is 0 Å². The first-order valence-electron chi connectivity index (χ1n) is 5.59. The monoisotopic (exact) mass is 294 g/mol. The Balaban J connectivity index is 4.65. The molecule has 0 radical (unpaired) electrons. The number of ether oxygens (including phenoxy) is 1. The van der Waals surface area contributed by atoms with E-state index in [4.69, 9.17) is 21.7 Å². The van der Waals surface area contributed by atoms with Crippen molar-refractivity contribution in [2.45, 2.75) is 36.9 Å². The molecule has 4 unspecified atom stereocenters. The molecule has 0 heterocycles. The Morgan fingerprint density at radius 2 is 1.75 bits per heavy atom. The summed E-state index contributed by atoms with van der Waals surface area (Å²) in [6, 6.07) is -1.43. The van der Waals surface area contributed by atoms with Crippen molar-refractivity contribution < 1.29 is 39.5 Å². The lowest BCUT2D eigenvalue weighted by molar-refractivity contribution is -0.169. The number of carbonyl (C=O) groups is 3. The molecule has 0 aliphatic rings. The van der Waals surface area contributed by atoms with E-state index in [1.807, 2.05) is 0 Å². The van der Waals surface area contributed by atoms with Crippen LogP contribution in [0.15, 0.2) is 0 Å². The molecule has 0 saturated heterocycles. The summed E-state index contributed by atoms with van der Waals surface area (Å²) in [5.41, 5.74) is 10.1. The summed E-state index contributed by atoms with van der Waals surface area (Å²) in [5, 5.41) is 36.6. The maximum Gasteiger partial charge on any atom is 0.324 e. The molecule has 8 N–H and O–H groups in total. The van der Waals surface area contributed by atoms with Crippen LogP contribution in [0.3, 0.4) is 0 Å². The first kappa shape index (κ1) is 18.4. The smallest absolute Gasteiger partial charge is 0.324 e. The average Bonchev–Trinajstić information content (AvgIpc) is 2.40. The number of aliphatic hydroxyl groups excluding tert-OH is 4. The van der Waals surface area contributed by atoms with Crippen molar-refractivity contribution in [3.8, 4) is 0 Å². The number of hydrogen-bond acceptors (Lipinski definition) is 9. The van der Waals surface area contributed by atoms with E-state index in [1.54, 1.807) is 0 Å². The molecule has 0 fully saturated rings. The van der Waals surface area contributed by atoms with Crippen molar-refractivity contribution in [2.75, 3.05) is 6.61 Å². The zero-order valence-electron chi connectivity index (χ0n) is 10.5. The largest absolute Gasteiger partial charge is 0.451 e. The van der Waals surface area contributed by atoms with E-state index < -0.39 is 55.4 Å². The number of aldehydes is 1. The van der Waals surface area contributed by atoms with Gasteiger partial charge in [-0.2, -0.15) is 0 Å². The zero-order chi connectivity index (χ0) is 15.9. The van der Waals surface area contributed by atoms with Gasteiger partial charge in [-0.1, -0.05) is 0 Å². The van der Waals surface area contributed by atoms with Gasteiger partial charge in [-0.05, 0) is 0 Å². The fourth-order valence-corrected chi connectivity index (χ4v) is 1.23. The third-order valence-electron chi connectivity index (χ3n) is 2.38. The van der Waals surface area contributed by atoms with Gasteiger partial charge in [0.2, 0.25) is 5.91 Å². The normalized spacial score (nSPS) is 18.4. The highest BCUT2D eigenvalue weighted by Crippen LogP contribution is 2.08. The fourth-order valence-electron chi connectivity index (χ4n) is 1.23. The molecule has 0 saturated carbocycles. The van der Waals surface area contributed by atoms with Crippen molar-refractivity contribution in [3.05, 3.63) is 0 Å². The minimum atomic E-state index is -1.97. The number of primary amides is 1. The Bertz CT molecular complexity index is 350. The van der Waals surface area contributed by atoms with E-state index in [0.29, 0.717) is 0 Å². The lowest BCUT2D eigenvalue weighted by Crippen LogP contribution is -2.49. The molecule has 0 aliphatic heterocycles. The summed E-state index contributed by atoms with van der Waals surface area (Å²) < 4.78 is 4.50. The predicted molar refractivity (Wildman–Crippen MR) is 62.8 cm³/mol. The first-order valence-corrected chi connectivity index (χ1v) is 5.59. The Morgan fingerprint density at radius 1 is 1.20 bits per heavy atom. The topological polar surface area (TPSA) is 193 Å². The van der Waals surface area contributed by atoms with E-state index in [0.717, 1.165) is 0 Å². The molecule has 0 aromatic rings. The van der Waals surface area contributed by atoms with Crippen LogP contribution in [0, 0.1) is 0 Å². The molecule has 0 aliphatic carbocycles. The minimum absolute atomic E-state index is 0.00681. The predicted octanol–water partition coefficient (Wildman–Crippen LogP) is -4.63. The SMILES string of the molecule is NC(=O)C[C@H](N)C(=O)OC(C=O)C(O)C(O)C(O)CO. The van der Waals surface area contributed by atoms with E-state index in [9.17, 15) is 24.6 Å². The quantitative estimate of drug-likeness (QED) is 0.179. The molecule has 116 valence electrons. The maximum absolute atomic E-state index is 11.4. The lowest BCUT2D eigenvalue weighted by atomic mass is 10.0. The minimum Gasteiger partial charge on any atom is -0.451 e. The Hall–Kier alpha value is -1.59. The van der Waals surface area contributed by atoms with Crippen LogP contribution in [0.2, 0.25) is 0 Å². The molecule has 20 heavy (non-hydrogen) atoms. The Labute approximate surface area is 113 Å². The van der Waals surface area contributed by atoms with Gasteiger partial charge in [0, 0.05) is 0 Å². The second-order valence-electron chi connectivity index (χ2n) is 4.05. The molecule has 10 heteroatoms. The van der Waals surface area contributed by atoms with E-state index in [2.05, 4.69) is 4.74 Å². The number of aliphatic hydroxyl groups is 4. The van der Waals surface area contributed by atoms with Crippen molar-refractivity contribution in [1.29, 1.82) is 0 Å². The summed E-state index contributed by atoms with van der Waals surface area (Å²) in [7, 11) is 0. The molecule has 0 aromatic carbocycles. The third-order valence-corrected chi connectivity index (χ3v) is 2.38. The Morgan fingerprint density at radius 3 is 2.15 bits per heavy atom. The van der Waals surface area contributed by atoms with Crippen LogP contribution in [0.25, 0.3) is 0 Å². The van der Waals surface area contributed by atoms with E-state index >= 15 is 0 Å². The van der Waals surface area contributed by atoms with Crippen molar-refractivity contribution in [3.63, 3.8) is 0 Å². The number of amides is 1. The van der Waals surface area contributed by atoms with Gasteiger partial charge in [0.1, 0.15) is 24.4 Å². The average molecular weight is 294 g/mol. The van der Waals surface area contributed by atoms with Crippen LogP contribution in [0.1, 0.15) is 6.42 Å². The highest BCUT2D eigenvalue weighted by Gasteiger charge is 2.34. The van der Waals surface area contributed by atoms with Crippen molar-refractivity contribution in [1.82, 2.24) is 0 Å². The van der Waals surface area contributed by atoms with Gasteiger partial charge in [-0.15, -0.1) is 0 Å². The molecule has 1 amide bonds. The standard InChI is InChI=1S/C10H18N2O8/c11-4(1-7(12)16)10(19)20-6(3-14)9(18)8(17)5(15)2-13/h3-6,8-9,13,15,17-18H,1-2,11H2,(H2,12,16)/t4-,5?,6?,8?,9?/m0/s1. The summed E-state index contributed by atoms with van der Waals surface area (Å²) in [6.07, 6.45) is -7.97. The van der Waals surface area contributed by atoms with Crippen molar-refractivity contribution in [2.24, 2.45) is 11.5 Å². The number of carbonyl (C=O) groups excluding carboxylic acids is 3. The number of rotatable bonds is 9. The Kier molecular flexibility index (Phi) is 7.87. The highest BCUT2D eigenvalue weighted by molar-refractivity contribution is 5.85. The summed E-state index contributed by atoms with van der Waals surface area (Å²) in [6.45, 7) is -0.876. The van der Waals surface area contributed by atoms with Crippen LogP contribution in [-0.4, -0.2) is 75.7 Å². The van der Waals surface area contributed by atoms with E-state index in [1.165, 1.54) is 0 Å². The summed E-state index contributed by atoms with van der Waals surface area (Å²) >= 11 is 0. The molecular formula is C10H18N2O8. The second kappa shape index (κ2) is 8.55. The molecule has 0 spiro atoms. The molecule has 0 aromatic heterocycles. The molecule has 0 rings (SSSR count). The first-order chi connectivity index (χ1) is 9.24. The fraction of sp³-hybridized carbons (Fsp3) is 0.700. The van der Waals surface area contributed by atoms with Gasteiger partial charge in [-0.25, -0.2) is 0 Å². The molecule has 10 nitrogen and oxygen atoms in total. The summed E-state index contributed by atoms with van der Waals surface area (Å²) in [5.74, 6) is -2.06. The molecule has 5 atom stereocenters. The molecule has 0 bridgehead atoms. The van der Waals surface area contributed by atoms with Gasteiger partial charge in [-0.3, -0.25) is 14.4 Å². The number of hydrogen-bond donors (Lipinski definition) is 6. The zero-order valence-corrected chi connectivity index (χ0v) is 10.5. The van der Waals surface area contributed by atoms with Crippen LogP contribution >= 0.6 is 0 Å². The third kappa shape index (κ3) is 5.59. The maximum atomic E-state index is 11.4. The van der Waals surface area contributed by atoms with Crippen LogP contribution in [0.5, 0.6) is 0 Å². The van der Waals surface area contributed by atoms with Gasteiger partial charge in [0.15, 0.2) is 12.4 Å². The van der Waals surface area contributed by atoms with Gasteiger partial charge in [0.05, 0.1) is 13.0 Å². The lowest BCUT2D eigenvalue weighted by Gasteiger charge is -2.26. The number of nitrogens with two attached hydrogens (primary N) is 2. The van der Waals surface area contributed by atoms with Crippen LogP contribution in [0.4, 0.5) is 0 Å². The molecular weight excluding hydrogens is 276 g/mol. The van der Waals surface area contributed by atoms with Gasteiger partial charge < -0.3 is 36.6 Å². The second-order valence-corrected chi connectivity index (χ2v) is 4.05. The van der Waals surface area contributed by atoms with Gasteiger partial charge >= 0.3 is 5.97 Å². The highest BCUT2D eigenvalue weighted by atomic mass is 16.6. The van der Waals surface area contributed by atoms with Crippen molar-refractivity contribution >= 4 is 18.2 Å². The van der Waals surface area contributed by atoms with Crippen LogP contribution in [-0.2, 0) is 19.1 Å². The van der Waals surface area contributed by atoms with Crippen LogP contribution < -0.4 is 11.5 Å². The summed E-state index contributed by atoms with van der Waals surface area (Å²) in [4.78, 5) is 32.7. The number of esters is 1. The van der Waals surface area contributed by atoms with E-state index in [-0.39, 0.29) is 6.29 Å².